The fraction of sp³-hybridized carbons (Fsp3) is 0.346. The van der Waals surface area contributed by atoms with Gasteiger partial charge in [0.15, 0.2) is 11.5 Å². The van der Waals surface area contributed by atoms with Crippen molar-refractivity contribution >= 4 is 22.8 Å². The zero-order valence-corrected chi connectivity index (χ0v) is 20.3. The van der Waals surface area contributed by atoms with E-state index in [2.05, 4.69) is 5.32 Å². The predicted octanol–water partition coefficient (Wildman–Crippen LogP) is 4.35. The van der Waals surface area contributed by atoms with Crippen molar-refractivity contribution in [2.24, 2.45) is 0 Å². The zero-order valence-electron chi connectivity index (χ0n) is 20.3. The third-order valence-corrected chi connectivity index (χ3v) is 4.84. The zero-order chi connectivity index (χ0) is 25.4. The fourth-order valence-electron chi connectivity index (χ4n) is 3.32. The molecule has 1 amide bonds. The average molecular weight is 484 g/mol. The van der Waals surface area contributed by atoms with Crippen molar-refractivity contribution in [3.63, 3.8) is 0 Å². The van der Waals surface area contributed by atoms with Gasteiger partial charge >= 0.3 is 11.6 Å². The third kappa shape index (κ3) is 6.11. The molecule has 0 bridgehead atoms. The lowest BCUT2D eigenvalue weighted by Gasteiger charge is -2.16. The molecule has 0 aliphatic rings. The van der Waals surface area contributed by atoms with Crippen LogP contribution in [0.1, 0.15) is 54.8 Å². The van der Waals surface area contributed by atoms with Crippen LogP contribution in [0.5, 0.6) is 23.0 Å². The first-order chi connectivity index (χ1) is 16.9. The van der Waals surface area contributed by atoms with Gasteiger partial charge < -0.3 is 28.7 Å². The van der Waals surface area contributed by atoms with Crippen LogP contribution in [0.2, 0.25) is 0 Å². The van der Waals surface area contributed by atoms with Crippen molar-refractivity contribution in [3.05, 3.63) is 57.9 Å². The molecule has 0 unspecified atom stereocenters. The van der Waals surface area contributed by atoms with Crippen LogP contribution < -0.4 is 29.9 Å². The molecule has 0 fully saturated rings. The van der Waals surface area contributed by atoms with Crippen LogP contribution in [0.25, 0.3) is 11.0 Å². The monoisotopic (exact) mass is 483 g/mol. The first kappa shape index (κ1) is 25.6. The molecule has 35 heavy (non-hydrogen) atoms. The number of benzene rings is 2. The molecule has 9 nitrogen and oxygen atoms in total. The van der Waals surface area contributed by atoms with Crippen molar-refractivity contribution < 1.29 is 33.0 Å². The van der Waals surface area contributed by atoms with Crippen LogP contribution in [0.15, 0.2) is 45.6 Å². The number of ether oxygens (including phenoxy) is 4. The average Bonchev–Trinajstić information content (AvgIpc) is 2.84. The SMILES string of the molecule is CCCNC(=O)c1cc2ccc(OC(=O)c3cc(OCC)c(OCC)c(OCC)c3)cc2oc1=O. The molecule has 1 N–H and O–H groups in total. The van der Waals surface area contributed by atoms with Gasteiger partial charge in [-0.25, -0.2) is 9.59 Å². The molecule has 0 aliphatic carbocycles. The summed E-state index contributed by atoms with van der Waals surface area (Å²) < 4.78 is 27.8. The van der Waals surface area contributed by atoms with E-state index in [1.54, 1.807) is 12.1 Å². The lowest BCUT2D eigenvalue weighted by molar-refractivity contribution is 0.0733. The summed E-state index contributed by atoms with van der Waals surface area (Å²) in [6.45, 7) is 8.98. The van der Waals surface area contributed by atoms with Crippen LogP contribution in [-0.2, 0) is 0 Å². The molecule has 0 spiro atoms. The van der Waals surface area contributed by atoms with Gasteiger partial charge in [-0.2, -0.15) is 0 Å². The molecule has 0 saturated carbocycles. The van der Waals surface area contributed by atoms with Gasteiger partial charge in [-0.15, -0.1) is 0 Å². The smallest absolute Gasteiger partial charge is 0.349 e. The summed E-state index contributed by atoms with van der Waals surface area (Å²) in [6.07, 6.45) is 0.742. The normalized spacial score (nSPS) is 10.6. The van der Waals surface area contributed by atoms with E-state index in [0.29, 0.717) is 49.0 Å². The molecular formula is C26H29NO8. The highest BCUT2D eigenvalue weighted by Crippen LogP contribution is 2.39. The number of nitrogens with one attached hydrogen (secondary N) is 1. The largest absolute Gasteiger partial charge is 0.490 e. The number of hydrogen-bond donors (Lipinski definition) is 1. The molecule has 0 saturated heterocycles. The van der Waals surface area contributed by atoms with Gasteiger partial charge in [-0.3, -0.25) is 4.79 Å². The van der Waals surface area contributed by atoms with Crippen LogP contribution in [-0.4, -0.2) is 38.2 Å². The molecule has 0 atom stereocenters. The van der Waals surface area contributed by atoms with E-state index in [1.807, 2.05) is 27.7 Å². The van der Waals surface area contributed by atoms with E-state index in [9.17, 15) is 14.4 Å². The van der Waals surface area contributed by atoms with Crippen molar-refractivity contribution in [2.45, 2.75) is 34.1 Å². The first-order valence-corrected chi connectivity index (χ1v) is 11.6. The second-order valence-corrected chi connectivity index (χ2v) is 7.39. The minimum absolute atomic E-state index is 0.0861. The number of carbonyl (C=O) groups excluding carboxylic acids is 2. The number of rotatable bonds is 11. The van der Waals surface area contributed by atoms with Crippen molar-refractivity contribution in [1.82, 2.24) is 5.32 Å². The van der Waals surface area contributed by atoms with Crippen LogP contribution in [0, 0.1) is 0 Å². The molecule has 9 heteroatoms. The highest BCUT2D eigenvalue weighted by Gasteiger charge is 2.20. The highest BCUT2D eigenvalue weighted by molar-refractivity contribution is 5.97. The minimum Gasteiger partial charge on any atom is -0.490 e. The number of carbonyl (C=O) groups is 2. The maximum atomic E-state index is 12.9. The van der Waals surface area contributed by atoms with E-state index in [-0.39, 0.29) is 22.5 Å². The van der Waals surface area contributed by atoms with Gasteiger partial charge in [0.2, 0.25) is 5.75 Å². The van der Waals surface area contributed by atoms with E-state index >= 15 is 0 Å². The molecule has 0 radical (unpaired) electrons. The van der Waals surface area contributed by atoms with Gasteiger partial charge in [0.1, 0.15) is 16.9 Å². The maximum Gasteiger partial charge on any atom is 0.349 e. The Kier molecular flexibility index (Phi) is 8.72. The van der Waals surface area contributed by atoms with Gasteiger partial charge in [0.05, 0.1) is 25.4 Å². The lowest BCUT2D eigenvalue weighted by Crippen LogP contribution is -2.28. The summed E-state index contributed by atoms with van der Waals surface area (Å²) in [5.41, 5.74) is -0.477. The Bertz CT molecular complexity index is 1240. The summed E-state index contributed by atoms with van der Waals surface area (Å²) in [6, 6.07) is 9.09. The van der Waals surface area contributed by atoms with Gasteiger partial charge in [0, 0.05) is 18.0 Å². The molecule has 3 aromatic rings. The van der Waals surface area contributed by atoms with Crippen LogP contribution in [0.3, 0.4) is 0 Å². The topological polar surface area (TPSA) is 113 Å². The standard InChI is InChI=1S/C26H29NO8/c1-5-11-27-24(28)19-12-16-9-10-18(15-20(16)35-26(19)30)34-25(29)17-13-21(31-6-2)23(33-8-4)22(14-17)32-7-3/h9-10,12-15H,5-8,11H2,1-4H3,(H,27,28). The number of esters is 1. The molecule has 1 heterocycles. The molecule has 2 aromatic carbocycles. The minimum atomic E-state index is -0.774. The molecule has 1 aromatic heterocycles. The predicted molar refractivity (Wildman–Crippen MR) is 130 cm³/mol. The molecule has 186 valence electrons. The summed E-state index contributed by atoms with van der Waals surface area (Å²) in [4.78, 5) is 37.4. The third-order valence-electron chi connectivity index (χ3n) is 4.84. The Morgan fingerprint density at radius 3 is 2.14 bits per heavy atom. The first-order valence-electron chi connectivity index (χ1n) is 11.6. The Hall–Kier alpha value is -4.01. The maximum absolute atomic E-state index is 12.9. The summed E-state index contributed by atoms with van der Waals surface area (Å²) in [5, 5.41) is 3.17. The van der Waals surface area contributed by atoms with Crippen molar-refractivity contribution in [1.29, 1.82) is 0 Å². The Labute approximate surface area is 202 Å². The summed E-state index contributed by atoms with van der Waals surface area (Å²) in [7, 11) is 0. The lowest BCUT2D eigenvalue weighted by atomic mass is 10.1. The van der Waals surface area contributed by atoms with E-state index in [1.165, 1.54) is 24.3 Å². The fourth-order valence-corrected chi connectivity index (χ4v) is 3.32. The molecular weight excluding hydrogens is 454 g/mol. The molecule has 3 rings (SSSR count). The second kappa shape index (κ2) is 11.9. The highest BCUT2D eigenvalue weighted by atomic mass is 16.5. The molecule has 0 aliphatic heterocycles. The van der Waals surface area contributed by atoms with Crippen LogP contribution >= 0.6 is 0 Å². The van der Waals surface area contributed by atoms with Gasteiger partial charge in [0.25, 0.3) is 5.91 Å². The van der Waals surface area contributed by atoms with Gasteiger partial charge in [-0.1, -0.05) is 6.92 Å². The Morgan fingerprint density at radius 2 is 1.54 bits per heavy atom. The number of fused-ring (bicyclic) bond motifs is 1. The van der Waals surface area contributed by atoms with E-state index in [0.717, 1.165) is 6.42 Å². The summed E-state index contributed by atoms with van der Waals surface area (Å²) in [5.74, 6) is 0.157. The second-order valence-electron chi connectivity index (χ2n) is 7.39. The summed E-state index contributed by atoms with van der Waals surface area (Å²) >= 11 is 0. The van der Waals surface area contributed by atoms with E-state index < -0.39 is 17.5 Å². The Morgan fingerprint density at radius 1 is 0.886 bits per heavy atom. The number of amides is 1. The van der Waals surface area contributed by atoms with Crippen molar-refractivity contribution in [2.75, 3.05) is 26.4 Å². The van der Waals surface area contributed by atoms with Gasteiger partial charge in [-0.05, 0) is 57.5 Å². The quantitative estimate of drug-likeness (QED) is 0.243. The number of hydrogen-bond acceptors (Lipinski definition) is 8. The Balaban J connectivity index is 1.90. The van der Waals surface area contributed by atoms with Crippen LogP contribution in [0.4, 0.5) is 0 Å². The van der Waals surface area contributed by atoms with E-state index in [4.69, 9.17) is 23.4 Å². The van der Waals surface area contributed by atoms with Crippen molar-refractivity contribution in [3.8, 4) is 23.0 Å².